The van der Waals surface area contributed by atoms with Crippen molar-refractivity contribution in [2.75, 3.05) is 13.1 Å². The van der Waals surface area contributed by atoms with Gasteiger partial charge < -0.3 is 29.8 Å². The Morgan fingerprint density at radius 3 is 2.51 bits per heavy atom. The molecule has 0 fully saturated rings. The van der Waals surface area contributed by atoms with E-state index >= 15 is 0 Å². The summed E-state index contributed by atoms with van der Waals surface area (Å²) in [7, 11) is 0. The van der Waals surface area contributed by atoms with Crippen molar-refractivity contribution in [2.24, 2.45) is 5.92 Å². The molecule has 1 aliphatic heterocycles. The zero-order valence-electron chi connectivity index (χ0n) is 25.1. The summed E-state index contributed by atoms with van der Waals surface area (Å²) in [6, 6.07) is 12.7. The van der Waals surface area contributed by atoms with E-state index in [1.54, 1.807) is 24.5 Å². The normalized spacial score (nSPS) is 18.0. The minimum absolute atomic E-state index is 0.0119. The lowest BCUT2D eigenvalue weighted by Crippen LogP contribution is -2.49. The van der Waals surface area contributed by atoms with E-state index in [2.05, 4.69) is 31.1 Å². The fourth-order valence-electron chi connectivity index (χ4n) is 4.97. The lowest BCUT2D eigenvalue weighted by Gasteiger charge is -2.23. The third-order valence-corrected chi connectivity index (χ3v) is 7.22. The molecule has 4 aromatic rings. The van der Waals surface area contributed by atoms with Gasteiger partial charge in [0, 0.05) is 38.0 Å². The number of aromatic nitrogens is 3. The summed E-state index contributed by atoms with van der Waals surface area (Å²) in [4.78, 5) is 63.3. The fraction of sp³-hybridized carbons (Fsp3) is 0.344. The molecule has 4 heterocycles. The van der Waals surface area contributed by atoms with Crippen LogP contribution in [0.4, 0.5) is 0 Å². The van der Waals surface area contributed by atoms with Crippen molar-refractivity contribution < 1.29 is 28.1 Å². The van der Waals surface area contributed by atoms with E-state index in [0.717, 1.165) is 11.1 Å². The van der Waals surface area contributed by atoms with Gasteiger partial charge >= 0.3 is 0 Å². The molecule has 45 heavy (non-hydrogen) atoms. The maximum Gasteiger partial charge on any atom is 0.274 e. The molecule has 0 aliphatic carbocycles. The molecule has 5 rings (SSSR count). The SMILES string of the molecule is CC(C)C[C@H]1NC(=O)c2cc(on2)CN(C(=O)Cc2cccnc2)CCNC(=O)[C@H](Cc2ccccc2)NC(=O)c2coc1n2. The van der Waals surface area contributed by atoms with Crippen LogP contribution in [0.2, 0.25) is 0 Å². The monoisotopic (exact) mass is 613 g/mol. The van der Waals surface area contributed by atoms with Gasteiger partial charge in [0.25, 0.3) is 11.8 Å². The van der Waals surface area contributed by atoms with Crippen molar-refractivity contribution in [3.63, 3.8) is 0 Å². The second kappa shape index (κ2) is 14.4. The fourth-order valence-corrected chi connectivity index (χ4v) is 4.97. The first kappa shape index (κ1) is 31.1. The largest absolute Gasteiger partial charge is 0.446 e. The molecule has 3 N–H and O–H groups in total. The second-order valence-electron chi connectivity index (χ2n) is 11.3. The molecule has 0 spiro atoms. The van der Waals surface area contributed by atoms with E-state index in [9.17, 15) is 19.2 Å². The third kappa shape index (κ3) is 8.40. The summed E-state index contributed by atoms with van der Waals surface area (Å²) in [5.41, 5.74) is 1.55. The number of hydrogen-bond donors (Lipinski definition) is 3. The molecule has 0 unspecified atom stereocenters. The van der Waals surface area contributed by atoms with Gasteiger partial charge in [0.2, 0.25) is 17.7 Å². The van der Waals surface area contributed by atoms with Crippen LogP contribution in [0.1, 0.15) is 70.1 Å². The number of rotatable bonds is 6. The quantitative estimate of drug-likeness (QED) is 0.296. The molecule has 4 bridgehead atoms. The highest BCUT2D eigenvalue weighted by atomic mass is 16.5. The first-order chi connectivity index (χ1) is 21.7. The summed E-state index contributed by atoms with van der Waals surface area (Å²) in [6.07, 6.45) is 5.20. The predicted octanol–water partition coefficient (Wildman–Crippen LogP) is 2.62. The number of nitrogens with zero attached hydrogens (tertiary/aromatic N) is 4. The molecular formula is C32H35N7O6. The van der Waals surface area contributed by atoms with Gasteiger partial charge in [-0.05, 0) is 29.5 Å². The molecule has 1 aromatic carbocycles. The van der Waals surface area contributed by atoms with Gasteiger partial charge in [0.1, 0.15) is 18.3 Å². The van der Waals surface area contributed by atoms with Crippen molar-refractivity contribution in [1.82, 2.24) is 36.0 Å². The Balaban J connectivity index is 1.44. The van der Waals surface area contributed by atoms with Crippen LogP contribution >= 0.6 is 0 Å². The van der Waals surface area contributed by atoms with Crippen molar-refractivity contribution in [3.8, 4) is 0 Å². The molecular weight excluding hydrogens is 578 g/mol. The summed E-state index contributed by atoms with van der Waals surface area (Å²) in [5.74, 6) is -1.22. The van der Waals surface area contributed by atoms with Gasteiger partial charge in [-0.25, -0.2) is 4.98 Å². The van der Waals surface area contributed by atoms with Gasteiger partial charge in [-0.1, -0.05) is 55.4 Å². The average molecular weight is 614 g/mol. The second-order valence-corrected chi connectivity index (χ2v) is 11.3. The van der Waals surface area contributed by atoms with Crippen LogP contribution in [0.5, 0.6) is 0 Å². The van der Waals surface area contributed by atoms with E-state index in [1.165, 1.54) is 17.2 Å². The highest BCUT2D eigenvalue weighted by Gasteiger charge is 2.28. The zero-order valence-corrected chi connectivity index (χ0v) is 25.1. The smallest absolute Gasteiger partial charge is 0.274 e. The standard InChI is InChI=1S/C32H35N7O6/c1-20(2)13-26-32-37-27(19-44-32)31(43)35-24(14-21-7-4-3-5-8-21)29(41)34-11-12-39(28(40)15-22-9-6-10-33-17-22)18-23-16-25(38-45-23)30(42)36-26/h3-10,16-17,19-20,24,26H,11-15,18H2,1-2H3,(H,34,41)(H,35,43)(H,36,42)/t24-,26+/m0/s1. The molecule has 3 aromatic heterocycles. The third-order valence-electron chi connectivity index (χ3n) is 7.22. The Morgan fingerprint density at radius 2 is 1.76 bits per heavy atom. The number of oxazole rings is 1. The molecule has 13 heteroatoms. The zero-order chi connectivity index (χ0) is 31.8. The van der Waals surface area contributed by atoms with Crippen LogP contribution in [-0.4, -0.2) is 62.8 Å². The molecule has 1 aliphatic rings. The van der Waals surface area contributed by atoms with Crippen LogP contribution in [0.15, 0.2) is 76.1 Å². The molecule has 13 nitrogen and oxygen atoms in total. The number of nitrogens with one attached hydrogen (secondary N) is 3. The van der Waals surface area contributed by atoms with Crippen LogP contribution < -0.4 is 16.0 Å². The molecule has 0 saturated heterocycles. The van der Waals surface area contributed by atoms with E-state index in [0.29, 0.717) is 12.2 Å². The van der Waals surface area contributed by atoms with Gasteiger partial charge in [0.05, 0.1) is 13.0 Å². The number of pyridine rings is 1. The predicted molar refractivity (Wildman–Crippen MR) is 160 cm³/mol. The Morgan fingerprint density at radius 1 is 1.00 bits per heavy atom. The number of carbonyl (C=O) groups is 4. The van der Waals surface area contributed by atoms with Gasteiger partial charge in [-0.15, -0.1) is 0 Å². The van der Waals surface area contributed by atoms with Gasteiger partial charge in [-0.2, -0.15) is 0 Å². The first-order valence-corrected chi connectivity index (χ1v) is 14.8. The van der Waals surface area contributed by atoms with Crippen molar-refractivity contribution in [3.05, 3.63) is 101 Å². The number of fused-ring (bicyclic) bond motifs is 4. The van der Waals surface area contributed by atoms with E-state index in [-0.39, 0.29) is 61.6 Å². The number of benzene rings is 1. The number of amides is 4. The minimum Gasteiger partial charge on any atom is -0.446 e. The highest BCUT2D eigenvalue weighted by molar-refractivity contribution is 5.96. The summed E-state index contributed by atoms with van der Waals surface area (Å²) < 4.78 is 11.1. The van der Waals surface area contributed by atoms with Crippen LogP contribution in [0.25, 0.3) is 0 Å². The molecule has 2 atom stereocenters. The van der Waals surface area contributed by atoms with Crippen molar-refractivity contribution in [2.45, 2.75) is 51.7 Å². The number of carbonyl (C=O) groups excluding carboxylic acids is 4. The van der Waals surface area contributed by atoms with Crippen LogP contribution in [-0.2, 0) is 29.0 Å². The van der Waals surface area contributed by atoms with E-state index in [4.69, 9.17) is 8.94 Å². The number of hydrogen-bond acceptors (Lipinski definition) is 9. The Labute approximate surface area is 259 Å². The van der Waals surface area contributed by atoms with Gasteiger partial charge in [-0.3, -0.25) is 24.2 Å². The average Bonchev–Trinajstić information content (AvgIpc) is 3.71. The lowest BCUT2D eigenvalue weighted by atomic mass is 10.0. The summed E-state index contributed by atoms with van der Waals surface area (Å²) in [6.45, 7) is 4.18. The Kier molecular flexibility index (Phi) is 9.97. The maximum absolute atomic E-state index is 13.4. The molecule has 4 amide bonds. The van der Waals surface area contributed by atoms with Crippen molar-refractivity contribution >= 4 is 23.6 Å². The van der Waals surface area contributed by atoms with E-state index in [1.807, 2.05) is 44.2 Å². The highest BCUT2D eigenvalue weighted by Crippen LogP contribution is 2.22. The van der Waals surface area contributed by atoms with Crippen LogP contribution in [0.3, 0.4) is 0 Å². The van der Waals surface area contributed by atoms with Gasteiger partial charge in [0.15, 0.2) is 17.1 Å². The maximum atomic E-state index is 13.4. The topological polar surface area (TPSA) is 173 Å². The molecule has 234 valence electrons. The molecule has 0 saturated carbocycles. The molecule has 0 radical (unpaired) electrons. The van der Waals surface area contributed by atoms with Crippen molar-refractivity contribution in [1.29, 1.82) is 0 Å². The minimum atomic E-state index is -0.943. The van der Waals surface area contributed by atoms with E-state index < -0.39 is 29.8 Å². The Hall–Kier alpha value is -5.33. The Bertz CT molecular complexity index is 1620. The lowest BCUT2D eigenvalue weighted by molar-refractivity contribution is -0.132. The first-order valence-electron chi connectivity index (χ1n) is 14.8. The van der Waals surface area contributed by atoms with Crippen LogP contribution in [0, 0.1) is 5.92 Å². The summed E-state index contributed by atoms with van der Waals surface area (Å²) >= 11 is 0. The summed E-state index contributed by atoms with van der Waals surface area (Å²) in [5, 5.41) is 12.4.